The third kappa shape index (κ3) is 3.19. The third-order valence-corrected chi connectivity index (χ3v) is 4.91. The van der Waals surface area contributed by atoms with Crippen molar-refractivity contribution >= 4 is 21.6 Å². The zero-order chi connectivity index (χ0) is 14.0. The molecule has 0 unspecified atom stereocenters. The van der Waals surface area contributed by atoms with Crippen LogP contribution >= 0.6 is 0 Å². The number of amides is 1. The number of aromatic nitrogens is 1. The van der Waals surface area contributed by atoms with Gasteiger partial charge in [0.15, 0.2) is 9.84 Å². The Morgan fingerprint density at radius 1 is 1.50 bits per heavy atom. The molecule has 0 fully saturated rings. The second-order valence-corrected chi connectivity index (χ2v) is 7.30. The van der Waals surface area contributed by atoms with E-state index in [1.54, 1.807) is 19.9 Å². The van der Waals surface area contributed by atoms with Crippen molar-refractivity contribution in [3.63, 3.8) is 0 Å². The summed E-state index contributed by atoms with van der Waals surface area (Å²) in [6.07, 6.45) is 2.62. The standard InChI is InChI=1S/C11H17N3O3S/c1-11(2,18(3,16)17)7-14-10(15)8-5-4-6-13-9(8)12/h4-6H,7H2,1-3H3,(H2,12,13)(H,14,15). The van der Waals surface area contributed by atoms with E-state index in [1.165, 1.54) is 12.3 Å². The number of rotatable bonds is 4. The van der Waals surface area contributed by atoms with Crippen molar-refractivity contribution in [2.24, 2.45) is 0 Å². The fourth-order valence-electron chi connectivity index (χ4n) is 1.13. The smallest absolute Gasteiger partial charge is 0.255 e. The van der Waals surface area contributed by atoms with E-state index in [2.05, 4.69) is 10.3 Å². The molecule has 6 nitrogen and oxygen atoms in total. The van der Waals surface area contributed by atoms with Crippen molar-refractivity contribution < 1.29 is 13.2 Å². The fraction of sp³-hybridized carbons (Fsp3) is 0.455. The molecule has 0 saturated heterocycles. The highest BCUT2D eigenvalue weighted by Crippen LogP contribution is 2.14. The Hall–Kier alpha value is -1.63. The van der Waals surface area contributed by atoms with Gasteiger partial charge < -0.3 is 11.1 Å². The van der Waals surface area contributed by atoms with E-state index in [4.69, 9.17) is 5.73 Å². The number of anilines is 1. The maximum atomic E-state index is 11.8. The van der Waals surface area contributed by atoms with Crippen LogP contribution in [0.25, 0.3) is 0 Å². The van der Waals surface area contributed by atoms with Crippen LogP contribution < -0.4 is 11.1 Å². The quantitative estimate of drug-likeness (QED) is 0.815. The molecular formula is C11H17N3O3S. The van der Waals surface area contributed by atoms with E-state index in [1.807, 2.05) is 0 Å². The number of carbonyl (C=O) groups excluding carboxylic acids is 1. The van der Waals surface area contributed by atoms with Gasteiger partial charge in [0.2, 0.25) is 0 Å². The Bertz CT molecular complexity index is 552. The third-order valence-electron chi connectivity index (χ3n) is 2.76. The van der Waals surface area contributed by atoms with Crippen LogP contribution in [-0.4, -0.2) is 36.9 Å². The lowest BCUT2D eigenvalue weighted by Crippen LogP contribution is -2.43. The Balaban J connectivity index is 2.77. The summed E-state index contributed by atoms with van der Waals surface area (Å²) < 4.78 is 21.9. The molecule has 1 aromatic heterocycles. The molecule has 3 N–H and O–H groups in total. The minimum absolute atomic E-state index is 0.0129. The molecule has 0 bridgehead atoms. The van der Waals surface area contributed by atoms with Crippen molar-refractivity contribution in [2.45, 2.75) is 18.6 Å². The van der Waals surface area contributed by atoms with Crippen LogP contribution in [-0.2, 0) is 9.84 Å². The summed E-state index contributed by atoms with van der Waals surface area (Å²) in [4.78, 5) is 15.6. The number of nitrogens with two attached hydrogens (primary N) is 1. The lowest BCUT2D eigenvalue weighted by atomic mass is 10.2. The van der Waals surface area contributed by atoms with Crippen molar-refractivity contribution in [1.82, 2.24) is 10.3 Å². The summed E-state index contributed by atoms with van der Waals surface area (Å²) in [7, 11) is -3.25. The maximum absolute atomic E-state index is 11.8. The Kier molecular flexibility index (Phi) is 3.95. The number of hydrogen-bond acceptors (Lipinski definition) is 5. The number of hydrogen-bond donors (Lipinski definition) is 2. The predicted molar refractivity (Wildman–Crippen MR) is 69.9 cm³/mol. The van der Waals surface area contributed by atoms with Crippen LogP contribution in [0.4, 0.5) is 5.82 Å². The predicted octanol–water partition coefficient (Wildman–Crippen LogP) is 0.217. The van der Waals surface area contributed by atoms with Crippen molar-refractivity contribution in [3.8, 4) is 0 Å². The van der Waals surface area contributed by atoms with Gasteiger partial charge in [-0.3, -0.25) is 4.79 Å². The fourth-order valence-corrected chi connectivity index (χ4v) is 1.46. The molecule has 0 atom stereocenters. The Morgan fingerprint density at radius 3 is 2.61 bits per heavy atom. The van der Waals surface area contributed by atoms with Gasteiger partial charge in [-0.25, -0.2) is 13.4 Å². The lowest BCUT2D eigenvalue weighted by molar-refractivity contribution is 0.0951. The first kappa shape index (κ1) is 14.4. The number of pyridine rings is 1. The average molecular weight is 271 g/mol. The molecule has 0 aliphatic carbocycles. The van der Waals surface area contributed by atoms with Crippen LogP contribution in [0.5, 0.6) is 0 Å². The Labute approximate surface area is 107 Å². The second kappa shape index (κ2) is 4.93. The van der Waals surface area contributed by atoms with E-state index in [0.29, 0.717) is 0 Å². The number of nitrogen functional groups attached to an aromatic ring is 1. The van der Waals surface area contributed by atoms with E-state index in [9.17, 15) is 13.2 Å². The minimum Gasteiger partial charge on any atom is -0.383 e. The zero-order valence-electron chi connectivity index (χ0n) is 10.6. The summed E-state index contributed by atoms with van der Waals surface area (Å²) in [6, 6.07) is 3.12. The molecule has 1 aromatic rings. The van der Waals surface area contributed by atoms with Gasteiger partial charge in [0.1, 0.15) is 5.82 Å². The molecule has 0 radical (unpaired) electrons. The topological polar surface area (TPSA) is 102 Å². The van der Waals surface area contributed by atoms with Gasteiger partial charge in [0.25, 0.3) is 5.91 Å². The van der Waals surface area contributed by atoms with Crippen molar-refractivity contribution in [3.05, 3.63) is 23.9 Å². The zero-order valence-corrected chi connectivity index (χ0v) is 11.4. The number of nitrogens with zero attached hydrogens (tertiary/aromatic N) is 1. The summed E-state index contributed by atoms with van der Waals surface area (Å²) in [5.74, 6) is -0.315. The molecule has 1 heterocycles. The van der Waals surface area contributed by atoms with Crippen LogP contribution in [0, 0.1) is 0 Å². The number of carbonyl (C=O) groups is 1. The van der Waals surface area contributed by atoms with Gasteiger partial charge in [-0.15, -0.1) is 0 Å². The van der Waals surface area contributed by atoms with Crippen molar-refractivity contribution in [1.29, 1.82) is 0 Å². The second-order valence-electron chi connectivity index (χ2n) is 4.65. The summed E-state index contributed by atoms with van der Waals surface area (Å²) in [5.41, 5.74) is 5.79. The molecule has 18 heavy (non-hydrogen) atoms. The number of nitrogens with one attached hydrogen (secondary N) is 1. The van der Waals surface area contributed by atoms with Gasteiger partial charge in [-0.2, -0.15) is 0 Å². The highest BCUT2D eigenvalue weighted by Gasteiger charge is 2.30. The minimum atomic E-state index is -3.25. The molecule has 7 heteroatoms. The van der Waals surface area contributed by atoms with Crippen LogP contribution in [0.15, 0.2) is 18.3 Å². The summed E-state index contributed by atoms with van der Waals surface area (Å²) >= 11 is 0. The molecule has 0 aliphatic rings. The molecule has 0 spiro atoms. The largest absolute Gasteiger partial charge is 0.383 e. The van der Waals surface area contributed by atoms with Crippen LogP contribution in [0.1, 0.15) is 24.2 Å². The first-order valence-electron chi connectivity index (χ1n) is 5.33. The van der Waals surface area contributed by atoms with E-state index < -0.39 is 20.5 Å². The summed E-state index contributed by atoms with van der Waals surface area (Å²) in [5, 5.41) is 2.55. The molecule has 1 amide bonds. The molecular weight excluding hydrogens is 254 g/mol. The SMILES string of the molecule is CC(C)(CNC(=O)c1cccnc1N)S(C)(=O)=O. The summed E-state index contributed by atoms with van der Waals surface area (Å²) in [6.45, 7) is 3.11. The van der Waals surface area contributed by atoms with Gasteiger partial charge in [0, 0.05) is 19.0 Å². The van der Waals surface area contributed by atoms with Crippen LogP contribution in [0.2, 0.25) is 0 Å². The first-order valence-corrected chi connectivity index (χ1v) is 7.22. The molecule has 0 saturated carbocycles. The monoisotopic (exact) mass is 271 g/mol. The average Bonchev–Trinajstić information content (AvgIpc) is 2.25. The van der Waals surface area contributed by atoms with Gasteiger partial charge >= 0.3 is 0 Å². The van der Waals surface area contributed by atoms with E-state index >= 15 is 0 Å². The maximum Gasteiger partial charge on any atom is 0.255 e. The highest BCUT2D eigenvalue weighted by atomic mass is 32.2. The molecule has 100 valence electrons. The normalized spacial score (nSPS) is 12.2. The lowest BCUT2D eigenvalue weighted by Gasteiger charge is -2.22. The molecule has 0 aliphatic heterocycles. The van der Waals surface area contributed by atoms with E-state index in [0.717, 1.165) is 6.26 Å². The highest BCUT2D eigenvalue weighted by molar-refractivity contribution is 7.92. The number of sulfone groups is 1. The van der Waals surface area contributed by atoms with Gasteiger partial charge in [-0.05, 0) is 26.0 Å². The molecule has 0 aromatic carbocycles. The van der Waals surface area contributed by atoms with Crippen molar-refractivity contribution in [2.75, 3.05) is 18.5 Å². The Morgan fingerprint density at radius 2 is 2.11 bits per heavy atom. The van der Waals surface area contributed by atoms with Gasteiger partial charge in [-0.1, -0.05) is 0 Å². The van der Waals surface area contributed by atoms with E-state index in [-0.39, 0.29) is 17.9 Å². The van der Waals surface area contributed by atoms with Gasteiger partial charge in [0.05, 0.1) is 10.3 Å². The van der Waals surface area contributed by atoms with Crippen LogP contribution in [0.3, 0.4) is 0 Å². The first-order chi connectivity index (χ1) is 8.15. The molecule has 1 rings (SSSR count).